The second-order valence-corrected chi connectivity index (χ2v) is 4.73. The zero-order valence-electron chi connectivity index (χ0n) is 11.3. The molecule has 0 saturated carbocycles. The maximum absolute atomic E-state index is 3.38. The average Bonchev–Trinajstić information content (AvgIpc) is 2.85. The molecule has 1 atom stereocenters. The number of nitrogens with one attached hydrogen (secondary N) is 1. The first-order valence-electron chi connectivity index (χ1n) is 6.70. The first kappa shape index (κ1) is 12.9. The highest BCUT2D eigenvalue weighted by Crippen LogP contribution is 2.18. The van der Waals surface area contributed by atoms with Crippen LogP contribution in [0.2, 0.25) is 0 Å². The lowest BCUT2D eigenvalue weighted by Crippen LogP contribution is -2.15. The highest BCUT2D eigenvalue weighted by molar-refractivity contribution is 5.19. The first-order valence-corrected chi connectivity index (χ1v) is 6.70. The molecule has 1 N–H and O–H groups in total. The van der Waals surface area contributed by atoms with Crippen LogP contribution in [0.15, 0.2) is 48.8 Å². The molecule has 0 amide bonds. The van der Waals surface area contributed by atoms with Crippen LogP contribution in [0, 0.1) is 0 Å². The van der Waals surface area contributed by atoms with Gasteiger partial charge in [0, 0.05) is 25.0 Å². The summed E-state index contributed by atoms with van der Waals surface area (Å²) in [5.74, 6) is 0. The van der Waals surface area contributed by atoms with Crippen molar-refractivity contribution in [3.8, 4) is 0 Å². The van der Waals surface area contributed by atoms with Gasteiger partial charge in [-0.15, -0.1) is 0 Å². The predicted octanol–water partition coefficient (Wildman–Crippen LogP) is 3.60. The van der Waals surface area contributed by atoms with E-state index in [-0.39, 0.29) is 0 Å². The molecule has 2 nitrogen and oxygen atoms in total. The van der Waals surface area contributed by atoms with Gasteiger partial charge in [-0.3, -0.25) is 0 Å². The summed E-state index contributed by atoms with van der Waals surface area (Å²) in [6, 6.07) is 13.3. The van der Waals surface area contributed by atoms with Gasteiger partial charge in [0.15, 0.2) is 0 Å². The van der Waals surface area contributed by atoms with Crippen molar-refractivity contribution in [1.82, 2.24) is 9.88 Å². The molecule has 0 fully saturated rings. The van der Waals surface area contributed by atoms with Crippen molar-refractivity contribution in [3.63, 3.8) is 0 Å². The van der Waals surface area contributed by atoms with Crippen LogP contribution < -0.4 is 5.32 Å². The van der Waals surface area contributed by atoms with Crippen LogP contribution in [0.25, 0.3) is 0 Å². The van der Waals surface area contributed by atoms with Gasteiger partial charge in [-0.1, -0.05) is 43.7 Å². The van der Waals surface area contributed by atoms with Crippen LogP contribution in [0.4, 0.5) is 0 Å². The minimum absolute atomic E-state index is 0.479. The third kappa shape index (κ3) is 3.23. The molecular formula is C16H22N2. The van der Waals surface area contributed by atoms with E-state index in [0.29, 0.717) is 6.04 Å². The predicted molar refractivity (Wildman–Crippen MR) is 76.7 cm³/mol. The molecule has 2 aromatic rings. The zero-order valence-corrected chi connectivity index (χ0v) is 11.3. The Morgan fingerprint density at radius 3 is 2.61 bits per heavy atom. The summed E-state index contributed by atoms with van der Waals surface area (Å²) in [5, 5.41) is 3.38. The lowest BCUT2D eigenvalue weighted by molar-refractivity contribution is 0.540. The summed E-state index contributed by atoms with van der Waals surface area (Å²) >= 11 is 0. The van der Waals surface area contributed by atoms with E-state index in [1.807, 2.05) is 7.05 Å². The molecular weight excluding hydrogens is 220 g/mol. The molecule has 0 aliphatic rings. The lowest BCUT2D eigenvalue weighted by Gasteiger charge is -2.13. The molecule has 96 valence electrons. The van der Waals surface area contributed by atoms with E-state index in [4.69, 9.17) is 0 Å². The van der Waals surface area contributed by atoms with Crippen molar-refractivity contribution >= 4 is 0 Å². The number of aromatic nitrogens is 1. The SMILES string of the molecule is CCCC(NC)c1ccn(Cc2ccccc2)c1. The topological polar surface area (TPSA) is 17.0 Å². The first-order chi connectivity index (χ1) is 8.83. The van der Waals surface area contributed by atoms with Crippen molar-refractivity contribution in [1.29, 1.82) is 0 Å². The number of rotatable bonds is 6. The van der Waals surface area contributed by atoms with Crippen molar-refractivity contribution in [2.45, 2.75) is 32.4 Å². The molecule has 0 radical (unpaired) electrons. The molecule has 1 aromatic heterocycles. The van der Waals surface area contributed by atoms with Gasteiger partial charge in [0.1, 0.15) is 0 Å². The summed E-state index contributed by atoms with van der Waals surface area (Å²) < 4.78 is 2.25. The van der Waals surface area contributed by atoms with Crippen LogP contribution in [0.5, 0.6) is 0 Å². The van der Waals surface area contributed by atoms with Gasteiger partial charge in [-0.2, -0.15) is 0 Å². The van der Waals surface area contributed by atoms with Crippen LogP contribution >= 0.6 is 0 Å². The summed E-state index contributed by atoms with van der Waals surface area (Å²) in [4.78, 5) is 0. The Kier molecular flexibility index (Phi) is 4.59. The normalized spacial score (nSPS) is 12.6. The second kappa shape index (κ2) is 6.41. The van der Waals surface area contributed by atoms with E-state index in [2.05, 4.69) is 65.6 Å². The van der Waals surface area contributed by atoms with E-state index in [0.717, 1.165) is 6.54 Å². The van der Waals surface area contributed by atoms with Crippen LogP contribution in [0.1, 0.15) is 36.9 Å². The quantitative estimate of drug-likeness (QED) is 0.819. The highest BCUT2D eigenvalue weighted by Gasteiger charge is 2.09. The fraction of sp³-hybridized carbons (Fsp3) is 0.375. The third-order valence-corrected chi connectivity index (χ3v) is 3.31. The number of hydrogen-bond acceptors (Lipinski definition) is 1. The molecule has 1 unspecified atom stereocenters. The van der Waals surface area contributed by atoms with E-state index in [9.17, 15) is 0 Å². The Hall–Kier alpha value is -1.54. The summed E-state index contributed by atoms with van der Waals surface area (Å²) in [5.41, 5.74) is 2.73. The van der Waals surface area contributed by atoms with Crippen LogP contribution in [-0.4, -0.2) is 11.6 Å². The van der Waals surface area contributed by atoms with Crippen molar-refractivity contribution in [3.05, 3.63) is 59.9 Å². The molecule has 0 bridgehead atoms. The Bertz CT molecular complexity index is 459. The van der Waals surface area contributed by atoms with Gasteiger partial charge in [-0.25, -0.2) is 0 Å². The molecule has 0 saturated heterocycles. The Balaban J connectivity index is 2.06. The number of nitrogens with zero attached hydrogens (tertiary/aromatic N) is 1. The van der Waals surface area contributed by atoms with E-state index in [1.54, 1.807) is 0 Å². The molecule has 1 heterocycles. The molecule has 0 spiro atoms. The van der Waals surface area contributed by atoms with Gasteiger partial charge in [0.25, 0.3) is 0 Å². The average molecular weight is 242 g/mol. The van der Waals surface area contributed by atoms with Crippen LogP contribution in [-0.2, 0) is 6.54 Å². The van der Waals surface area contributed by atoms with Crippen molar-refractivity contribution in [2.75, 3.05) is 7.05 Å². The minimum Gasteiger partial charge on any atom is -0.350 e. The molecule has 0 aliphatic heterocycles. The number of hydrogen-bond donors (Lipinski definition) is 1. The standard InChI is InChI=1S/C16H22N2/c1-3-7-16(17-2)15-10-11-18(13-15)12-14-8-5-4-6-9-14/h4-6,8-11,13,16-17H,3,7,12H2,1-2H3. The lowest BCUT2D eigenvalue weighted by atomic mass is 10.1. The van der Waals surface area contributed by atoms with Crippen molar-refractivity contribution < 1.29 is 0 Å². The minimum atomic E-state index is 0.479. The van der Waals surface area contributed by atoms with Gasteiger partial charge < -0.3 is 9.88 Å². The highest BCUT2D eigenvalue weighted by atomic mass is 14.9. The Morgan fingerprint density at radius 2 is 1.94 bits per heavy atom. The fourth-order valence-electron chi connectivity index (χ4n) is 2.32. The Morgan fingerprint density at radius 1 is 1.17 bits per heavy atom. The van der Waals surface area contributed by atoms with Gasteiger partial charge in [0.05, 0.1) is 0 Å². The van der Waals surface area contributed by atoms with Crippen LogP contribution in [0.3, 0.4) is 0 Å². The van der Waals surface area contributed by atoms with Gasteiger partial charge in [0.2, 0.25) is 0 Å². The molecule has 1 aromatic carbocycles. The van der Waals surface area contributed by atoms with E-state index in [1.165, 1.54) is 24.0 Å². The maximum Gasteiger partial charge on any atom is 0.0470 e. The zero-order chi connectivity index (χ0) is 12.8. The molecule has 18 heavy (non-hydrogen) atoms. The van der Waals surface area contributed by atoms with Gasteiger partial charge in [-0.05, 0) is 30.7 Å². The van der Waals surface area contributed by atoms with E-state index >= 15 is 0 Å². The smallest absolute Gasteiger partial charge is 0.0470 e. The summed E-state index contributed by atoms with van der Waals surface area (Å²) in [6.07, 6.45) is 6.81. The summed E-state index contributed by atoms with van der Waals surface area (Å²) in [6.45, 7) is 3.18. The Labute approximate surface area is 110 Å². The fourth-order valence-corrected chi connectivity index (χ4v) is 2.32. The van der Waals surface area contributed by atoms with E-state index < -0.39 is 0 Å². The van der Waals surface area contributed by atoms with Gasteiger partial charge >= 0.3 is 0 Å². The monoisotopic (exact) mass is 242 g/mol. The maximum atomic E-state index is 3.38. The van der Waals surface area contributed by atoms with Crippen molar-refractivity contribution in [2.24, 2.45) is 0 Å². The molecule has 2 heteroatoms. The number of benzene rings is 1. The molecule has 2 rings (SSSR count). The largest absolute Gasteiger partial charge is 0.350 e. The summed E-state index contributed by atoms with van der Waals surface area (Å²) in [7, 11) is 2.04. The third-order valence-electron chi connectivity index (χ3n) is 3.31. The second-order valence-electron chi connectivity index (χ2n) is 4.73. The molecule has 0 aliphatic carbocycles.